The molecule has 0 saturated heterocycles. The van der Waals surface area contributed by atoms with E-state index in [0.29, 0.717) is 18.4 Å². The minimum Gasteiger partial charge on any atom is -0.349 e. The fourth-order valence-corrected chi connectivity index (χ4v) is 2.41. The van der Waals surface area contributed by atoms with Crippen molar-refractivity contribution in [1.82, 2.24) is 5.32 Å². The summed E-state index contributed by atoms with van der Waals surface area (Å²) in [7, 11) is 0. The predicted octanol–water partition coefficient (Wildman–Crippen LogP) is 1.96. The standard InChI is InChI=1S/C14H17F3N2O/c15-11-4-1-3-10(7-11)13(5-2-6-13)12(20)19-9-14(16,17)8-18/h1,3-4,7H,2,5-6,8-9,18H2,(H,19,20). The number of nitrogens with one attached hydrogen (secondary N) is 1. The highest BCUT2D eigenvalue weighted by atomic mass is 19.3. The number of benzene rings is 1. The van der Waals surface area contributed by atoms with E-state index in [9.17, 15) is 18.0 Å². The summed E-state index contributed by atoms with van der Waals surface area (Å²) in [5.41, 5.74) is 4.59. The molecule has 0 radical (unpaired) electrons. The van der Waals surface area contributed by atoms with Crippen LogP contribution in [0.15, 0.2) is 24.3 Å². The van der Waals surface area contributed by atoms with Gasteiger partial charge in [-0.2, -0.15) is 0 Å². The van der Waals surface area contributed by atoms with Gasteiger partial charge in [0.05, 0.1) is 18.5 Å². The molecule has 1 aliphatic carbocycles. The smallest absolute Gasteiger partial charge is 0.277 e. The molecule has 0 bridgehead atoms. The second-order valence-corrected chi connectivity index (χ2v) is 5.19. The van der Waals surface area contributed by atoms with Crippen LogP contribution in [0.3, 0.4) is 0 Å². The van der Waals surface area contributed by atoms with Crippen molar-refractivity contribution in [3.63, 3.8) is 0 Å². The molecule has 1 fully saturated rings. The second-order valence-electron chi connectivity index (χ2n) is 5.19. The molecule has 6 heteroatoms. The van der Waals surface area contributed by atoms with Crippen LogP contribution in [0.25, 0.3) is 0 Å². The number of carbonyl (C=O) groups is 1. The van der Waals surface area contributed by atoms with Crippen LogP contribution in [-0.4, -0.2) is 24.9 Å². The summed E-state index contributed by atoms with van der Waals surface area (Å²) >= 11 is 0. The van der Waals surface area contributed by atoms with E-state index < -0.39 is 36.2 Å². The van der Waals surface area contributed by atoms with E-state index in [-0.39, 0.29) is 0 Å². The van der Waals surface area contributed by atoms with Crippen molar-refractivity contribution in [3.8, 4) is 0 Å². The van der Waals surface area contributed by atoms with Crippen molar-refractivity contribution in [3.05, 3.63) is 35.6 Å². The Kier molecular flexibility index (Phi) is 4.04. The number of hydrogen-bond donors (Lipinski definition) is 2. The maximum atomic E-state index is 13.3. The van der Waals surface area contributed by atoms with Crippen molar-refractivity contribution >= 4 is 5.91 Å². The van der Waals surface area contributed by atoms with Crippen molar-refractivity contribution in [1.29, 1.82) is 0 Å². The summed E-state index contributed by atoms with van der Waals surface area (Å²) in [6, 6.07) is 5.76. The first-order chi connectivity index (χ1) is 9.39. The zero-order chi connectivity index (χ0) is 14.8. The number of halogens is 3. The third-order valence-corrected chi connectivity index (χ3v) is 3.83. The van der Waals surface area contributed by atoms with Crippen molar-refractivity contribution in [2.45, 2.75) is 30.6 Å². The van der Waals surface area contributed by atoms with Gasteiger partial charge in [0, 0.05) is 0 Å². The zero-order valence-electron chi connectivity index (χ0n) is 11.0. The monoisotopic (exact) mass is 286 g/mol. The van der Waals surface area contributed by atoms with Crippen LogP contribution in [-0.2, 0) is 10.2 Å². The van der Waals surface area contributed by atoms with Gasteiger partial charge in [0.2, 0.25) is 5.91 Å². The van der Waals surface area contributed by atoms with E-state index in [1.54, 1.807) is 6.07 Å². The molecule has 110 valence electrons. The molecular formula is C14H17F3N2O. The maximum absolute atomic E-state index is 13.3. The van der Waals surface area contributed by atoms with Crippen LogP contribution in [0.1, 0.15) is 24.8 Å². The SMILES string of the molecule is NCC(F)(F)CNC(=O)C1(c2cccc(F)c2)CCC1. The molecule has 0 atom stereocenters. The summed E-state index contributed by atoms with van der Waals surface area (Å²) in [5.74, 6) is -4.04. The molecule has 1 aromatic rings. The Labute approximate surface area is 115 Å². The van der Waals surface area contributed by atoms with Gasteiger partial charge in [-0.05, 0) is 30.5 Å². The largest absolute Gasteiger partial charge is 0.349 e. The normalized spacial score (nSPS) is 17.4. The zero-order valence-corrected chi connectivity index (χ0v) is 11.0. The van der Waals surface area contributed by atoms with Crippen LogP contribution >= 0.6 is 0 Å². The molecule has 1 amide bonds. The Morgan fingerprint density at radius 1 is 1.40 bits per heavy atom. The Morgan fingerprint density at radius 2 is 2.10 bits per heavy atom. The molecule has 2 rings (SSSR count). The van der Waals surface area contributed by atoms with Crippen molar-refractivity contribution in [2.75, 3.05) is 13.1 Å². The first-order valence-electron chi connectivity index (χ1n) is 6.52. The molecule has 1 aliphatic rings. The molecule has 1 saturated carbocycles. The lowest BCUT2D eigenvalue weighted by Crippen LogP contribution is -2.52. The van der Waals surface area contributed by atoms with E-state index in [0.717, 1.165) is 6.42 Å². The minimum atomic E-state index is -3.12. The van der Waals surface area contributed by atoms with Crippen LogP contribution < -0.4 is 11.1 Å². The van der Waals surface area contributed by atoms with E-state index in [1.807, 2.05) is 0 Å². The van der Waals surface area contributed by atoms with Gasteiger partial charge in [0.25, 0.3) is 5.92 Å². The average molecular weight is 286 g/mol. The molecule has 0 heterocycles. The van der Waals surface area contributed by atoms with Crippen molar-refractivity contribution < 1.29 is 18.0 Å². The Bertz CT molecular complexity index is 501. The third kappa shape index (κ3) is 2.80. The van der Waals surface area contributed by atoms with Crippen LogP contribution in [0.4, 0.5) is 13.2 Å². The molecule has 0 spiro atoms. The lowest BCUT2D eigenvalue weighted by atomic mass is 9.64. The first kappa shape index (κ1) is 14.8. The summed E-state index contributed by atoms with van der Waals surface area (Å²) in [5, 5.41) is 2.24. The van der Waals surface area contributed by atoms with Crippen LogP contribution in [0.5, 0.6) is 0 Å². The van der Waals surface area contributed by atoms with Gasteiger partial charge in [-0.15, -0.1) is 0 Å². The molecule has 1 aromatic carbocycles. The molecular weight excluding hydrogens is 269 g/mol. The van der Waals surface area contributed by atoms with E-state index in [1.165, 1.54) is 18.2 Å². The molecule has 3 nitrogen and oxygen atoms in total. The van der Waals surface area contributed by atoms with Gasteiger partial charge in [0.15, 0.2) is 0 Å². The maximum Gasteiger partial charge on any atom is 0.277 e. The molecule has 0 unspecified atom stereocenters. The first-order valence-corrected chi connectivity index (χ1v) is 6.52. The number of rotatable bonds is 5. The quantitative estimate of drug-likeness (QED) is 0.869. The van der Waals surface area contributed by atoms with Gasteiger partial charge in [-0.3, -0.25) is 4.79 Å². The fourth-order valence-electron chi connectivity index (χ4n) is 2.41. The molecule has 0 aromatic heterocycles. The second kappa shape index (κ2) is 5.44. The van der Waals surface area contributed by atoms with E-state index in [4.69, 9.17) is 5.73 Å². The Balaban J connectivity index is 2.13. The van der Waals surface area contributed by atoms with Gasteiger partial charge >= 0.3 is 0 Å². The fraction of sp³-hybridized carbons (Fsp3) is 0.500. The lowest BCUT2D eigenvalue weighted by Gasteiger charge is -2.41. The van der Waals surface area contributed by atoms with Gasteiger partial charge < -0.3 is 11.1 Å². The molecule has 3 N–H and O–H groups in total. The highest BCUT2D eigenvalue weighted by molar-refractivity contribution is 5.89. The van der Waals surface area contributed by atoms with Gasteiger partial charge in [-0.1, -0.05) is 18.6 Å². The molecule has 20 heavy (non-hydrogen) atoms. The minimum absolute atomic E-state index is 0.436. The Hall–Kier alpha value is -1.56. The van der Waals surface area contributed by atoms with Gasteiger partial charge in [0.1, 0.15) is 5.82 Å². The van der Waals surface area contributed by atoms with Crippen LogP contribution in [0.2, 0.25) is 0 Å². The number of amides is 1. The van der Waals surface area contributed by atoms with Crippen molar-refractivity contribution in [2.24, 2.45) is 5.73 Å². The summed E-state index contributed by atoms with van der Waals surface area (Å²) in [6.45, 7) is -1.61. The number of hydrogen-bond acceptors (Lipinski definition) is 2. The number of alkyl halides is 2. The number of carbonyl (C=O) groups excluding carboxylic acids is 1. The number of nitrogens with two attached hydrogens (primary N) is 1. The van der Waals surface area contributed by atoms with E-state index >= 15 is 0 Å². The third-order valence-electron chi connectivity index (χ3n) is 3.83. The average Bonchev–Trinajstić information content (AvgIpc) is 2.35. The lowest BCUT2D eigenvalue weighted by molar-refractivity contribution is -0.131. The van der Waals surface area contributed by atoms with Gasteiger partial charge in [-0.25, -0.2) is 13.2 Å². The highest BCUT2D eigenvalue weighted by Gasteiger charge is 2.46. The van der Waals surface area contributed by atoms with Crippen LogP contribution in [0, 0.1) is 5.82 Å². The summed E-state index contributed by atoms with van der Waals surface area (Å²) in [6.07, 6.45) is 1.89. The molecule has 0 aliphatic heterocycles. The topological polar surface area (TPSA) is 55.1 Å². The summed E-state index contributed by atoms with van der Waals surface area (Å²) in [4.78, 5) is 12.2. The predicted molar refractivity (Wildman–Crippen MR) is 68.9 cm³/mol. The Morgan fingerprint density at radius 3 is 2.60 bits per heavy atom. The van der Waals surface area contributed by atoms with E-state index in [2.05, 4.69) is 5.32 Å². The highest BCUT2D eigenvalue weighted by Crippen LogP contribution is 2.44. The summed E-state index contributed by atoms with van der Waals surface area (Å²) < 4.78 is 39.5.